The molecule has 1 N–H and O–H groups in total. The van der Waals surface area contributed by atoms with Gasteiger partial charge < -0.3 is 9.72 Å². The Morgan fingerprint density at radius 3 is 2.64 bits per heavy atom. The van der Waals surface area contributed by atoms with Gasteiger partial charge in [0.1, 0.15) is 5.75 Å². The van der Waals surface area contributed by atoms with Crippen LogP contribution in [0.25, 0.3) is 10.9 Å². The number of hydrogen-bond donors (Lipinski definition) is 1. The van der Waals surface area contributed by atoms with Gasteiger partial charge in [0.05, 0.1) is 7.11 Å². The molecule has 0 saturated carbocycles. The van der Waals surface area contributed by atoms with E-state index in [2.05, 4.69) is 82.7 Å². The van der Waals surface area contributed by atoms with Gasteiger partial charge in [-0.1, -0.05) is 30.3 Å². The Labute approximate surface area is 147 Å². The third kappa shape index (κ3) is 3.41. The van der Waals surface area contributed by atoms with Gasteiger partial charge >= 0.3 is 0 Å². The molecule has 0 spiro atoms. The van der Waals surface area contributed by atoms with Crippen molar-refractivity contribution in [3.05, 3.63) is 95.9 Å². The molecule has 4 aromatic rings. The molecule has 0 aliphatic heterocycles. The lowest BCUT2D eigenvalue weighted by molar-refractivity contribution is -0.688. The van der Waals surface area contributed by atoms with Crippen LogP contribution in [0.15, 0.2) is 79.3 Å². The molecule has 0 atom stereocenters. The highest BCUT2D eigenvalue weighted by atomic mass is 16.5. The van der Waals surface area contributed by atoms with E-state index in [0.717, 1.165) is 24.2 Å². The molecule has 0 saturated heterocycles. The second kappa shape index (κ2) is 6.81. The number of nitrogens with one attached hydrogen (secondary N) is 1. The topological polar surface area (TPSA) is 28.9 Å². The maximum Gasteiger partial charge on any atom is 0.173 e. The van der Waals surface area contributed by atoms with E-state index >= 15 is 0 Å². The second-order valence-electron chi connectivity index (χ2n) is 6.27. The maximum atomic E-state index is 5.36. The van der Waals surface area contributed by atoms with Crippen molar-refractivity contribution in [2.24, 2.45) is 0 Å². The molecule has 2 aromatic carbocycles. The lowest BCUT2D eigenvalue weighted by Gasteiger charge is -2.03. The van der Waals surface area contributed by atoms with Gasteiger partial charge in [-0.2, -0.15) is 0 Å². The number of methoxy groups -OCH3 is 1. The monoisotopic (exact) mass is 329 g/mol. The van der Waals surface area contributed by atoms with Gasteiger partial charge in [0, 0.05) is 40.7 Å². The van der Waals surface area contributed by atoms with Crippen LogP contribution < -0.4 is 9.30 Å². The average Bonchev–Trinajstić information content (AvgIpc) is 3.05. The quantitative estimate of drug-likeness (QED) is 0.549. The first-order chi connectivity index (χ1) is 12.3. The molecule has 2 aromatic heterocycles. The number of nitrogens with zero attached hydrogens (tertiary/aromatic N) is 1. The molecule has 25 heavy (non-hydrogen) atoms. The van der Waals surface area contributed by atoms with Crippen LogP contribution in [-0.2, 0) is 13.0 Å². The van der Waals surface area contributed by atoms with Crippen molar-refractivity contribution in [2.45, 2.75) is 13.0 Å². The lowest BCUT2D eigenvalue weighted by Crippen LogP contribution is -2.33. The summed E-state index contributed by atoms with van der Waals surface area (Å²) in [6, 6.07) is 21.0. The summed E-state index contributed by atoms with van der Waals surface area (Å²) in [5.74, 6) is 0.889. The minimum absolute atomic E-state index is 0.885. The molecular weight excluding hydrogens is 308 g/mol. The summed E-state index contributed by atoms with van der Waals surface area (Å²) in [6.07, 6.45) is 7.34. The summed E-state index contributed by atoms with van der Waals surface area (Å²) < 4.78 is 7.60. The van der Waals surface area contributed by atoms with Gasteiger partial charge in [-0.3, -0.25) is 0 Å². The summed E-state index contributed by atoms with van der Waals surface area (Å²) in [6.45, 7) is 0.885. The Hall–Kier alpha value is -3.07. The van der Waals surface area contributed by atoms with Gasteiger partial charge in [0.25, 0.3) is 0 Å². The first-order valence-electron chi connectivity index (χ1n) is 8.48. The second-order valence-corrected chi connectivity index (χ2v) is 6.27. The Morgan fingerprint density at radius 2 is 1.80 bits per heavy atom. The molecular formula is C22H21N2O+. The molecule has 3 heteroatoms. The fraction of sp³-hybridized carbons (Fsp3) is 0.136. The van der Waals surface area contributed by atoms with Crippen LogP contribution in [-0.4, -0.2) is 12.1 Å². The normalized spacial score (nSPS) is 10.9. The Balaban J connectivity index is 1.60. The van der Waals surface area contributed by atoms with Crippen molar-refractivity contribution in [1.29, 1.82) is 0 Å². The van der Waals surface area contributed by atoms with E-state index < -0.39 is 0 Å². The zero-order valence-corrected chi connectivity index (χ0v) is 14.3. The molecule has 124 valence electrons. The number of ether oxygens (including phenoxy) is 1. The standard InChI is InChI=1S/C22H21N2O/c1-25-20-9-10-22-21(13-20)19(14-23-22)12-18-8-5-11-24(16-18)15-17-6-3-2-4-7-17/h2-11,13-14,16,23H,12,15H2,1H3/q+1. The van der Waals surface area contributed by atoms with Gasteiger partial charge in [0.2, 0.25) is 0 Å². The molecule has 0 fully saturated rings. The van der Waals surface area contributed by atoms with Crippen LogP contribution in [0, 0.1) is 0 Å². The molecule has 4 rings (SSSR count). The summed E-state index contributed by atoms with van der Waals surface area (Å²) in [5, 5.41) is 1.22. The third-order valence-electron chi connectivity index (χ3n) is 4.50. The highest BCUT2D eigenvalue weighted by Crippen LogP contribution is 2.25. The predicted octanol–water partition coefficient (Wildman–Crippen LogP) is 4.10. The van der Waals surface area contributed by atoms with Crippen LogP contribution in [0.4, 0.5) is 0 Å². The minimum atomic E-state index is 0.885. The average molecular weight is 329 g/mol. The zero-order valence-electron chi connectivity index (χ0n) is 14.3. The number of aromatic amines is 1. The predicted molar refractivity (Wildman–Crippen MR) is 99.8 cm³/mol. The van der Waals surface area contributed by atoms with Crippen LogP contribution in [0.3, 0.4) is 0 Å². The van der Waals surface area contributed by atoms with Crippen LogP contribution in [0.5, 0.6) is 5.75 Å². The number of rotatable bonds is 5. The molecule has 0 amide bonds. The van der Waals surface area contributed by atoms with Gasteiger partial charge in [-0.15, -0.1) is 0 Å². The minimum Gasteiger partial charge on any atom is -0.497 e. The smallest absolute Gasteiger partial charge is 0.173 e. The van der Waals surface area contributed by atoms with Crippen molar-refractivity contribution < 1.29 is 9.30 Å². The number of fused-ring (bicyclic) bond motifs is 1. The first kappa shape index (κ1) is 15.5. The zero-order chi connectivity index (χ0) is 17.1. The maximum absolute atomic E-state index is 5.36. The van der Waals surface area contributed by atoms with E-state index in [4.69, 9.17) is 4.74 Å². The van der Waals surface area contributed by atoms with E-state index in [9.17, 15) is 0 Å². The van der Waals surface area contributed by atoms with E-state index in [1.807, 2.05) is 6.07 Å². The van der Waals surface area contributed by atoms with Crippen molar-refractivity contribution in [1.82, 2.24) is 4.98 Å². The molecule has 0 aliphatic rings. The first-order valence-corrected chi connectivity index (χ1v) is 8.48. The fourth-order valence-electron chi connectivity index (χ4n) is 3.22. The Kier molecular flexibility index (Phi) is 4.21. The number of aromatic nitrogens is 2. The highest BCUT2D eigenvalue weighted by Gasteiger charge is 2.09. The van der Waals surface area contributed by atoms with Gasteiger partial charge in [-0.25, -0.2) is 4.57 Å². The van der Waals surface area contributed by atoms with Gasteiger partial charge in [0.15, 0.2) is 18.9 Å². The number of pyridine rings is 1. The van der Waals surface area contributed by atoms with Crippen LogP contribution >= 0.6 is 0 Å². The van der Waals surface area contributed by atoms with Crippen molar-refractivity contribution in [2.75, 3.05) is 7.11 Å². The SMILES string of the molecule is COc1ccc2[nH]cc(Cc3ccc[n+](Cc4ccccc4)c3)c2c1. The van der Waals surface area contributed by atoms with E-state index in [1.165, 1.54) is 22.1 Å². The highest BCUT2D eigenvalue weighted by molar-refractivity contribution is 5.84. The molecule has 0 bridgehead atoms. The van der Waals surface area contributed by atoms with Crippen molar-refractivity contribution in [3.63, 3.8) is 0 Å². The molecule has 2 heterocycles. The Bertz CT molecular complexity index is 989. The summed E-state index contributed by atoms with van der Waals surface area (Å²) >= 11 is 0. The Morgan fingerprint density at radius 1 is 0.960 bits per heavy atom. The van der Waals surface area contributed by atoms with E-state index in [-0.39, 0.29) is 0 Å². The molecule has 0 radical (unpaired) electrons. The summed E-state index contributed by atoms with van der Waals surface area (Å²) in [7, 11) is 1.71. The van der Waals surface area contributed by atoms with E-state index in [1.54, 1.807) is 7.11 Å². The summed E-state index contributed by atoms with van der Waals surface area (Å²) in [4.78, 5) is 3.35. The third-order valence-corrected chi connectivity index (χ3v) is 4.50. The van der Waals surface area contributed by atoms with Crippen molar-refractivity contribution >= 4 is 10.9 Å². The fourth-order valence-corrected chi connectivity index (χ4v) is 3.22. The lowest BCUT2D eigenvalue weighted by atomic mass is 10.1. The van der Waals surface area contributed by atoms with Crippen LogP contribution in [0.1, 0.15) is 16.7 Å². The number of hydrogen-bond acceptors (Lipinski definition) is 1. The number of benzene rings is 2. The summed E-state index contributed by atoms with van der Waals surface area (Å²) in [5.41, 5.74) is 5.03. The van der Waals surface area contributed by atoms with Gasteiger partial charge in [-0.05, 0) is 29.8 Å². The molecule has 0 unspecified atom stereocenters. The molecule has 0 aliphatic carbocycles. The van der Waals surface area contributed by atoms with Crippen LogP contribution in [0.2, 0.25) is 0 Å². The molecule has 3 nitrogen and oxygen atoms in total. The van der Waals surface area contributed by atoms with E-state index in [0.29, 0.717) is 0 Å². The number of H-pyrrole nitrogens is 1. The largest absolute Gasteiger partial charge is 0.497 e. The van der Waals surface area contributed by atoms with Crippen molar-refractivity contribution in [3.8, 4) is 5.75 Å².